The van der Waals surface area contributed by atoms with Crippen LogP contribution in [0, 0.1) is 17.7 Å². The predicted molar refractivity (Wildman–Crippen MR) is 83.0 cm³/mol. The minimum Gasteiger partial charge on any atom is -0.320 e. The number of nitrogens with two attached hydrogens (primary N) is 1. The maximum Gasteiger partial charge on any atom is 0.241 e. The summed E-state index contributed by atoms with van der Waals surface area (Å²) in [6.45, 7) is 0.469. The zero-order valence-electron chi connectivity index (χ0n) is 11.4. The lowest BCUT2D eigenvalue weighted by atomic mass is 10.2. The maximum absolute atomic E-state index is 13.3. The van der Waals surface area contributed by atoms with Crippen molar-refractivity contribution in [3.8, 4) is 11.8 Å². The molecular formula is C14H17FN2O2S2. The van der Waals surface area contributed by atoms with Crippen LogP contribution < -0.4 is 10.5 Å². The molecule has 0 amide bonds. The third-order valence-electron chi connectivity index (χ3n) is 3.08. The number of thioether (sulfide) groups is 1. The van der Waals surface area contributed by atoms with E-state index in [1.54, 1.807) is 11.8 Å². The molecule has 1 atom stereocenters. The minimum atomic E-state index is -3.70. The summed E-state index contributed by atoms with van der Waals surface area (Å²) < 4.78 is 40.5. The quantitative estimate of drug-likeness (QED) is 0.818. The maximum atomic E-state index is 13.3. The number of benzene rings is 1. The van der Waals surface area contributed by atoms with Gasteiger partial charge in [0.15, 0.2) is 0 Å². The van der Waals surface area contributed by atoms with Gasteiger partial charge in [0.1, 0.15) is 5.82 Å². The number of hydrogen-bond acceptors (Lipinski definition) is 4. The van der Waals surface area contributed by atoms with E-state index in [9.17, 15) is 12.8 Å². The lowest BCUT2D eigenvalue weighted by Crippen LogP contribution is -2.30. The molecule has 1 heterocycles. The second-order valence-corrected chi connectivity index (χ2v) is 7.78. The molecule has 0 spiro atoms. The number of rotatable bonds is 4. The molecule has 114 valence electrons. The van der Waals surface area contributed by atoms with Crippen LogP contribution in [-0.4, -0.2) is 32.5 Å². The van der Waals surface area contributed by atoms with E-state index in [1.165, 1.54) is 6.07 Å². The van der Waals surface area contributed by atoms with Gasteiger partial charge in [-0.1, -0.05) is 11.8 Å². The van der Waals surface area contributed by atoms with Gasteiger partial charge >= 0.3 is 0 Å². The van der Waals surface area contributed by atoms with Crippen LogP contribution in [0.3, 0.4) is 0 Å². The fraction of sp³-hybridized carbons (Fsp3) is 0.429. The second kappa shape index (κ2) is 7.27. The van der Waals surface area contributed by atoms with Crippen LogP contribution in [0.4, 0.5) is 4.39 Å². The molecule has 7 heteroatoms. The van der Waals surface area contributed by atoms with Crippen LogP contribution in [0.25, 0.3) is 0 Å². The summed E-state index contributed by atoms with van der Waals surface area (Å²) in [5.74, 6) is 5.70. The summed E-state index contributed by atoms with van der Waals surface area (Å²) >= 11 is 1.77. The average Bonchev–Trinajstić information content (AvgIpc) is 2.96. The minimum absolute atomic E-state index is 0.00662. The topological polar surface area (TPSA) is 72.2 Å². The molecule has 1 aromatic carbocycles. The number of halogens is 1. The summed E-state index contributed by atoms with van der Waals surface area (Å²) in [7, 11) is -3.70. The van der Waals surface area contributed by atoms with Crippen LogP contribution in [0.2, 0.25) is 0 Å². The van der Waals surface area contributed by atoms with Gasteiger partial charge in [-0.2, -0.15) is 11.8 Å². The Balaban J connectivity index is 2.21. The lowest BCUT2D eigenvalue weighted by Gasteiger charge is -2.12. The highest BCUT2D eigenvalue weighted by molar-refractivity contribution is 8.00. The van der Waals surface area contributed by atoms with Gasteiger partial charge in [0, 0.05) is 17.4 Å². The van der Waals surface area contributed by atoms with Crippen molar-refractivity contribution in [3.05, 3.63) is 29.6 Å². The van der Waals surface area contributed by atoms with E-state index in [4.69, 9.17) is 5.73 Å². The van der Waals surface area contributed by atoms with Crippen LogP contribution in [-0.2, 0) is 10.0 Å². The molecule has 3 N–H and O–H groups in total. The van der Waals surface area contributed by atoms with Gasteiger partial charge in [0.25, 0.3) is 0 Å². The summed E-state index contributed by atoms with van der Waals surface area (Å²) in [5.41, 5.74) is 5.41. The van der Waals surface area contributed by atoms with E-state index in [2.05, 4.69) is 16.6 Å². The standard InChI is InChI=1S/C14H17FN2O2S2/c15-12-5-6-14(11(9-12)3-1-7-16)21(18,19)17-10-13-4-2-8-20-13/h5-6,9,13,17H,2,4,7-8,10,16H2. The SMILES string of the molecule is NCC#Cc1cc(F)ccc1S(=O)(=O)NCC1CCCS1. The molecule has 2 rings (SSSR count). The molecule has 1 fully saturated rings. The first-order valence-electron chi connectivity index (χ1n) is 6.62. The first kappa shape index (κ1) is 16.3. The molecule has 1 aliphatic rings. The third-order valence-corrected chi connectivity index (χ3v) is 5.96. The molecule has 0 aliphatic carbocycles. The highest BCUT2D eigenvalue weighted by atomic mass is 32.2. The molecule has 1 aliphatic heterocycles. The van der Waals surface area contributed by atoms with E-state index in [1.807, 2.05) is 0 Å². The Morgan fingerprint density at radius 3 is 2.95 bits per heavy atom. The van der Waals surface area contributed by atoms with Crippen LogP contribution in [0.15, 0.2) is 23.1 Å². The Morgan fingerprint density at radius 2 is 2.29 bits per heavy atom. The van der Waals surface area contributed by atoms with Gasteiger partial charge in [-0.25, -0.2) is 17.5 Å². The van der Waals surface area contributed by atoms with Crippen molar-refractivity contribution in [1.29, 1.82) is 0 Å². The van der Waals surface area contributed by atoms with E-state index in [0.717, 1.165) is 30.7 Å². The highest BCUT2D eigenvalue weighted by Crippen LogP contribution is 2.26. The van der Waals surface area contributed by atoms with E-state index in [0.29, 0.717) is 11.8 Å². The molecule has 1 unspecified atom stereocenters. The average molecular weight is 328 g/mol. The summed E-state index contributed by atoms with van der Waals surface area (Å²) in [4.78, 5) is -0.00662. The second-order valence-electron chi connectivity index (χ2n) is 4.63. The molecular weight excluding hydrogens is 311 g/mol. The van der Waals surface area contributed by atoms with Gasteiger partial charge in [-0.15, -0.1) is 0 Å². The van der Waals surface area contributed by atoms with Gasteiger partial charge < -0.3 is 5.73 Å². The Morgan fingerprint density at radius 1 is 1.48 bits per heavy atom. The van der Waals surface area contributed by atoms with Crippen LogP contribution in [0.1, 0.15) is 18.4 Å². The fourth-order valence-corrected chi connectivity index (χ4v) is 4.60. The molecule has 0 aromatic heterocycles. The zero-order valence-corrected chi connectivity index (χ0v) is 13.1. The van der Waals surface area contributed by atoms with Gasteiger partial charge in [-0.3, -0.25) is 0 Å². The number of hydrogen-bond donors (Lipinski definition) is 2. The van der Waals surface area contributed by atoms with Crippen molar-refractivity contribution in [2.45, 2.75) is 23.0 Å². The van der Waals surface area contributed by atoms with E-state index in [-0.39, 0.29) is 17.0 Å². The fourth-order valence-electron chi connectivity index (χ4n) is 2.07. The van der Waals surface area contributed by atoms with Crippen molar-refractivity contribution < 1.29 is 12.8 Å². The highest BCUT2D eigenvalue weighted by Gasteiger charge is 2.22. The Bertz CT molecular complexity index is 659. The predicted octanol–water partition coefficient (Wildman–Crippen LogP) is 1.31. The Kier molecular flexibility index (Phi) is 5.65. The monoisotopic (exact) mass is 328 g/mol. The molecule has 1 saturated heterocycles. The molecule has 1 aromatic rings. The molecule has 0 radical (unpaired) electrons. The first-order valence-corrected chi connectivity index (χ1v) is 9.16. The number of nitrogens with one attached hydrogen (secondary N) is 1. The molecule has 0 bridgehead atoms. The van der Waals surface area contributed by atoms with Crippen LogP contribution in [0.5, 0.6) is 0 Å². The Hall–Kier alpha value is -1.07. The van der Waals surface area contributed by atoms with Gasteiger partial charge in [-0.05, 0) is 36.8 Å². The summed E-state index contributed by atoms with van der Waals surface area (Å²) in [6, 6.07) is 3.47. The van der Waals surface area contributed by atoms with Crippen molar-refractivity contribution in [2.75, 3.05) is 18.8 Å². The van der Waals surface area contributed by atoms with Crippen molar-refractivity contribution in [1.82, 2.24) is 4.72 Å². The van der Waals surface area contributed by atoms with Gasteiger partial charge in [0.05, 0.1) is 11.4 Å². The van der Waals surface area contributed by atoms with Crippen molar-refractivity contribution in [3.63, 3.8) is 0 Å². The normalized spacial score (nSPS) is 18.3. The van der Waals surface area contributed by atoms with Gasteiger partial charge in [0.2, 0.25) is 10.0 Å². The third kappa shape index (κ3) is 4.45. The summed E-state index contributed by atoms with van der Waals surface area (Å²) in [5, 5.41) is 0.304. The number of sulfonamides is 1. The van der Waals surface area contributed by atoms with E-state index < -0.39 is 15.8 Å². The van der Waals surface area contributed by atoms with Crippen molar-refractivity contribution in [2.24, 2.45) is 5.73 Å². The first-order chi connectivity index (χ1) is 10.0. The largest absolute Gasteiger partial charge is 0.320 e. The molecule has 21 heavy (non-hydrogen) atoms. The smallest absolute Gasteiger partial charge is 0.241 e. The lowest BCUT2D eigenvalue weighted by molar-refractivity contribution is 0.578. The summed E-state index contributed by atoms with van der Waals surface area (Å²) in [6.07, 6.45) is 2.12. The zero-order chi connectivity index (χ0) is 15.3. The van der Waals surface area contributed by atoms with E-state index >= 15 is 0 Å². The van der Waals surface area contributed by atoms with Crippen molar-refractivity contribution >= 4 is 21.8 Å². The molecule has 4 nitrogen and oxygen atoms in total. The van der Waals surface area contributed by atoms with Crippen LogP contribution >= 0.6 is 11.8 Å². The molecule has 0 saturated carbocycles. The Labute approximate surface area is 128 Å².